The summed E-state index contributed by atoms with van der Waals surface area (Å²) in [4.78, 5) is 11.1. The second-order valence-electron chi connectivity index (χ2n) is 2.97. The molecule has 1 nitrogen and oxygen atoms in total. The Bertz CT molecular complexity index is 400. The number of ketones is 1. The maximum absolute atomic E-state index is 11.1. The van der Waals surface area contributed by atoms with E-state index in [2.05, 4.69) is 23.7 Å². The first-order chi connectivity index (χ1) is 7.81. The molecule has 0 radical (unpaired) electrons. The summed E-state index contributed by atoms with van der Waals surface area (Å²) in [6.45, 7) is 3.89. The quantitative estimate of drug-likeness (QED) is 0.397. The van der Waals surface area contributed by atoms with E-state index in [1.54, 1.807) is 30.4 Å². The molecule has 0 unspecified atom stereocenters. The van der Waals surface area contributed by atoms with E-state index in [1.165, 1.54) is 0 Å². The normalized spacial score (nSPS) is 10.1. The van der Waals surface area contributed by atoms with Gasteiger partial charge in [-0.25, -0.2) is 0 Å². The third-order valence-electron chi connectivity index (χ3n) is 1.53. The monoisotopic (exact) mass is 212 g/mol. The van der Waals surface area contributed by atoms with Crippen molar-refractivity contribution in [3.05, 3.63) is 36.5 Å². The lowest BCUT2D eigenvalue weighted by Crippen LogP contribution is -1.88. The fraction of sp³-hybridized carbons (Fsp3) is 0.267. The Morgan fingerprint density at radius 3 is 2.44 bits per heavy atom. The average Bonchev–Trinajstić information content (AvgIpc) is 2.27. The maximum atomic E-state index is 11.1. The van der Waals surface area contributed by atoms with Crippen molar-refractivity contribution < 1.29 is 4.79 Å². The van der Waals surface area contributed by atoms with Gasteiger partial charge >= 0.3 is 0 Å². The first-order valence-corrected chi connectivity index (χ1v) is 5.29. The standard InChI is InChI=1S/C15H16O/c1-3-5-6-7-8-9-10-11-12-14-15(16)13-4-2/h3,5,10-12,14H,4,13H2,1-2H3. The molecule has 0 spiro atoms. The highest BCUT2D eigenvalue weighted by molar-refractivity contribution is 5.89. The summed E-state index contributed by atoms with van der Waals surface area (Å²) >= 11 is 0. The molecule has 82 valence electrons. The van der Waals surface area contributed by atoms with Crippen LogP contribution >= 0.6 is 0 Å². The van der Waals surface area contributed by atoms with Crippen LogP contribution in [0.2, 0.25) is 0 Å². The van der Waals surface area contributed by atoms with Crippen LogP contribution in [0.1, 0.15) is 26.7 Å². The SMILES string of the molecule is CC=CC#CC#CC=CC=CC(=O)CCC. The van der Waals surface area contributed by atoms with Crippen LogP contribution in [-0.2, 0) is 4.79 Å². The number of hydrogen-bond donors (Lipinski definition) is 0. The predicted molar refractivity (Wildman–Crippen MR) is 68.6 cm³/mol. The van der Waals surface area contributed by atoms with Crippen LogP contribution < -0.4 is 0 Å². The van der Waals surface area contributed by atoms with Gasteiger partial charge in [-0.1, -0.05) is 37.0 Å². The molecule has 0 aliphatic carbocycles. The summed E-state index contributed by atoms with van der Waals surface area (Å²) in [5, 5.41) is 0. The van der Waals surface area contributed by atoms with Gasteiger partial charge < -0.3 is 0 Å². The zero-order chi connectivity index (χ0) is 12.1. The summed E-state index contributed by atoms with van der Waals surface area (Å²) in [6, 6.07) is 0. The Kier molecular flexibility index (Phi) is 9.71. The van der Waals surface area contributed by atoms with Gasteiger partial charge in [0.2, 0.25) is 0 Å². The van der Waals surface area contributed by atoms with Crippen LogP contribution in [0.15, 0.2) is 36.5 Å². The van der Waals surface area contributed by atoms with Gasteiger partial charge in [-0.3, -0.25) is 4.79 Å². The lowest BCUT2D eigenvalue weighted by atomic mass is 10.2. The zero-order valence-corrected chi connectivity index (χ0v) is 9.79. The molecular weight excluding hydrogens is 196 g/mol. The number of hydrogen-bond acceptors (Lipinski definition) is 1. The molecule has 0 bridgehead atoms. The van der Waals surface area contributed by atoms with Crippen molar-refractivity contribution in [2.45, 2.75) is 26.7 Å². The molecule has 0 atom stereocenters. The lowest BCUT2D eigenvalue weighted by molar-refractivity contribution is -0.114. The number of carbonyl (C=O) groups is 1. The van der Waals surface area contributed by atoms with Gasteiger partial charge in [-0.15, -0.1) is 0 Å². The van der Waals surface area contributed by atoms with Crippen molar-refractivity contribution in [2.75, 3.05) is 0 Å². The second-order valence-corrected chi connectivity index (χ2v) is 2.97. The minimum absolute atomic E-state index is 0.146. The van der Waals surface area contributed by atoms with Gasteiger partial charge in [-0.2, -0.15) is 0 Å². The molecule has 1 heteroatoms. The molecule has 0 saturated heterocycles. The highest BCUT2D eigenvalue weighted by Gasteiger charge is 1.89. The van der Waals surface area contributed by atoms with E-state index in [4.69, 9.17) is 0 Å². The highest BCUT2D eigenvalue weighted by atomic mass is 16.1. The zero-order valence-electron chi connectivity index (χ0n) is 9.79. The average molecular weight is 212 g/mol. The van der Waals surface area contributed by atoms with E-state index >= 15 is 0 Å². The summed E-state index contributed by atoms with van der Waals surface area (Å²) in [5.41, 5.74) is 0. The molecule has 0 aliphatic heterocycles. The fourth-order valence-electron chi connectivity index (χ4n) is 0.835. The van der Waals surface area contributed by atoms with Crippen molar-refractivity contribution in [1.82, 2.24) is 0 Å². The summed E-state index contributed by atoms with van der Waals surface area (Å²) in [5.74, 6) is 11.0. The second kappa shape index (κ2) is 11.1. The summed E-state index contributed by atoms with van der Waals surface area (Å²) in [7, 11) is 0. The van der Waals surface area contributed by atoms with E-state index in [1.807, 2.05) is 19.9 Å². The van der Waals surface area contributed by atoms with Gasteiger partial charge in [0, 0.05) is 6.42 Å². The van der Waals surface area contributed by atoms with E-state index in [-0.39, 0.29) is 5.78 Å². The third kappa shape index (κ3) is 10.1. The Hall–Kier alpha value is -1.99. The smallest absolute Gasteiger partial charge is 0.155 e. The molecule has 0 amide bonds. The van der Waals surface area contributed by atoms with Crippen molar-refractivity contribution in [2.24, 2.45) is 0 Å². The van der Waals surface area contributed by atoms with Crippen molar-refractivity contribution in [3.63, 3.8) is 0 Å². The molecule has 0 heterocycles. The Balaban J connectivity index is 3.95. The Labute approximate surface area is 97.9 Å². The molecule has 0 aromatic carbocycles. The number of carbonyl (C=O) groups excluding carboxylic acids is 1. The van der Waals surface area contributed by atoms with Crippen LogP contribution in [0.5, 0.6) is 0 Å². The molecule has 16 heavy (non-hydrogen) atoms. The van der Waals surface area contributed by atoms with Crippen LogP contribution in [0, 0.1) is 23.7 Å². The van der Waals surface area contributed by atoms with Crippen molar-refractivity contribution >= 4 is 5.78 Å². The summed E-state index contributed by atoms with van der Waals surface area (Å²) in [6.07, 6.45) is 11.7. The fourth-order valence-corrected chi connectivity index (χ4v) is 0.835. The van der Waals surface area contributed by atoms with Gasteiger partial charge in [-0.05, 0) is 43.4 Å². The molecule has 0 aromatic heterocycles. The first kappa shape index (κ1) is 14.0. The van der Waals surface area contributed by atoms with Gasteiger partial charge in [0.25, 0.3) is 0 Å². The Morgan fingerprint density at radius 1 is 1.12 bits per heavy atom. The minimum Gasteiger partial charge on any atom is -0.295 e. The molecular formula is C15H16O. The van der Waals surface area contributed by atoms with Crippen LogP contribution in [0.25, 0.3) is 0 Å². The molecule has 0 saturated carbocycles. The minimum atomic E-state index is 0.146. The first-order valence-electron chi connectivity index (χ1n) is 5.29. The highest BCUT2D eigenvalue weighted by Crippen LogP contribution is 1.90. The lowest BCUT2D eigenvalue weighted by Gasteiger charge is -1.85. The van der Waals surface area contributed by atoms with E-state index < -0.39 is 0 Å². The molecule has 0 aromatic rings. The third-order valence-corrected chi connectivity index (χ3v) is 1.53. The van der Waals surface area contributed by atoms with Gasteiger partial charge in [0.05, 0.1) is 0 Å². The number of allylic oxidation sites excluding steroid dienone is 6. The van der Waals surface area contributed by atoms with Crippen LogP contribution in [0.3, 0.4) is 0 Å². The van der Waals surface area contributed by atoms with E-state index in [9.17, 15) is 4.79 Å². The number of rotatable bonds is 4. The van der Waals surface area contributed by atoms with Crippen LogP contribution in [-0.4, -0.2) is 5.78 Å². The maximum Gasteiger partial charge on any atom is 0.155 e. The topological polar surface area (TPSA) is 17.1 Å². The predicted octanol–water partition coefficient (Wildman–Crippen LogP) is 3.05. The van der Waals surface area contributed by atoms with E-state index in [0.29, 0.717) is 6.42 Å². The molecule has 0 fully saturated rings. The largest absolute Gasteiger partial charge is 0.295 e. The van der Waals surface area contributed by atoms with Crippen molar-refractivity contribution in [3.8, 4) is 23.7 Å². The molecule has 0 rings (SSSR count). The molecule has 0 aliphatic rings. The van der Waals surface area contributed by atoms with E-state index in [0.717, 1.165) is 6.42 Å². The van der Waals surface area contributed by atoms with Gasteiger partial charge in [0.1, 0.15) is 0 Å². The van der Waals surface area contributed by atoms with Crippen molar-refractivity contribution in [1.29, 1.82) is 0 Å². The van der Waals surface area contributed by atoms with Crippen LogP contribution in [0.4, 0.5) is 0 Å². The van der Waals surface area contributed by atoms with Gasteiger partial charge in [0.15, 0.2) is 5.78 Å². The molecule has 0 N–H and O–H groups in total. The Morgan fingerprint density at radius 2 is 1.81 bits per heavy atom. The summed E-state index contributed by atoms with van der Waals surface area (Å²) < 4.78 is 0.